The van der Waals surface area contributed by atoms with Crippen molar-refractivity contribution >= 4 is 22.8 Å². The van der Waals surface area contributed by atoms with E-state index in [1.807, 2.05) is 0 Å². The van der Waals surface area contributed by atoms with Crippen LogP contribution in [0.25, 0.3) is 22.3 Å². The molecule has 2 nitrogen and oxygen atoms in total. The molecule has 0 aliphatic rings. The summed E-state index contributed by atoms with van der Waals surface area (Å²) in [5, 5.41) is 0. The van der Waals surface area contributed by atoms with Gasteiger partial charge in [-0.15, -0.1) is 0 Å². The summed E-state index contributed by atoms with van der Waals surface area (Å²) in [5.41, 5.74) is 15.3. The van der Waals surface area contributed by atoms with E-state index < -0.39 is 0 Å². The molecule has 0 saturated carbocycles. The summed E-state index contributed by atoms with van der Waals surface area (Å²) in [6, 6.07) is 31.4. The Labute approximate surface area is 367 Å². The van der Waals surface area contributed by atoms with Crippen molar-refractivity contribution in [3.05, 3.63) is 115 Å². The second-order valence-corrected chi connectivity index (χ2v) is 16.3. The van der Waals surface area contributed by atoms with E-state index in [-0.39, 0.29) is 23.9 Å². The van der Waals surface area contributed by atoms with E-state index in [1.54, 1.807) is 5.56 Å². The Morgan fingerprint density at radius 1 is 0.483 bits per heavy atom. The van der Waals surface area contributed by atoms with Gasteiger partial charge in [0.15, 0.2) is 0 Å². The third-order valence-corrected chi connectivity index (χ3v) is 11.6. The fraction of sp³-hybridized carbons (Fsp3) is 0.509. The van der Waals surface area contributed by atoms with E-state index in [1.165, 1.54) is 161 Å². The van der Waals surface area contributed by atoms with Crippen molar-refractivity contribution in [1.29, 1.82) is 0 Å². The minimum absolute atomic E-state index is 0. The summed E-state index contributed by atoms with van der Waals surface area (Å²) in [4.78, 5) is 10.8. The van der Waals surface area contributed by atoms with Gasteiger partial charge in [-0.2, -0.15) is 0 Å². The van der Waals surface area contributed by atoms with Crippen LogP contribution in [-0.2, 0) is 35.8 Å². The van der Waals surface area contributed by atoms with Gasteiger partial charge in [-0.25, -0.2) is 0 Å². The van der Waals surface area contributed by atoms with Gasteiger partial charge in [-0.1, -0.05) is 185 Å². The fourth-order valence-corrected chi connectivity index (χ4v) is 8.36. The number of aryl methyl sites for hydroxylation is 3. The molecule has 0 saturated heterocycles. The number of unbranched alkanes of at least 4 members (excludes halogenated alkanes) is 15. The monoisotopic (exact) mass is 826 g/mol. The third kappa shape index (κ3) is 17.1. The van der Waals surface area contributed by atoms with Crippen LogP contribution in [0.15, 0.2) is 94.9 Å². The van der Waals surface area contributed by atoms with Gasteiger partial charge in [0, 0.05) is 16.5 Å². The average Bonchev–Trinajstić information content (AvgIpc) is 3.22. The molecule has 320 valence electrons. The zero-order valence-electron chi connectivity index (χ0n) is 37.8. The predicted molar refractivity (Wildman–Crippen MR) is 256 cm³/mol. The third-order valence-electron chi connectivity index (χ3n) is 11.6. The van der Waals surface area contributed by atoms with Crippen LogP contribution in [0.2, 0.25) is 0 Å². The minimum atomic E-state index is 0. The maximum absolute atomic E-state index is 5.43. The van der Waals surface area contributed by atoms with E-state index in [0.29, 0.717) is 0 Å². The van der Waals surface area contributed by atoms with Crippen molar-refractivity contribution in [1.82, 2.24) is 0 Å². The maximum atomic E-state index is 5.43. The number of nitrogens with zero attached hydrogens (tertiary/aromatic N) is 2. The van der Waals surface area contributed by atoms with Gasteiger partial charge < -0.3 is 7.43 Å². The topological polar surface area (TPSA) is 24.7 Å². The largest absolute Gasteiger partial charge is 0.358 e. The second-order valence-electron chi connectivity index (χ2n) is 16.3. The first-order valence-electron chi connectivity index (χ1n) is 23.0. The zero-order valence-corrected chi connectivity index (χ0v) is 38.8. The van der Waals surface area contributed by atoms with Crippen LogP contribution in [0.3, 0.4) is 0 Å². The Balaban J connectivity index is 0.00000580. The summed E-state index contributed by atoms with van der Waals surface area (Å²) >= 11 is 0. The number of aliphatic imine (C=N–C) groups is 2. The smallest absolute Gasteiger partial charge is 0.0643 e. The summed E-state index contributed by atoms with van der Waals surface area (Å²) in [7, 11) is 0. The molecule has 0 unspecified atom stereocenters. The maximum Gasteiger partial charge on any atom is 0.0643 e. The predicted octanol–water partition coefficient (Wildman–Crippen LogP) is 17.8. The van der Waals surface area contributed by atoms with Gasteiger partial charge >= 0.3 is 0 Å². The summed E-state index contributed by atoms with van der Waals surface area (Å²) in [6.07, 6.45) is 28.0. The second kappa shape index (κ2) is 29.8. The van der Waals surface area contributed by atoms with Crippen molar-refractivity contribution in [3.63, 3.8) is 0 Å². The van der Waals surface area contributed by atoms with Crippen molar-refractivity contribution in [2.75, 3.05) is 0 Å². The normalized spacial score (nSPS) is 11.7. The van der Waals surface area contributed by atoms with Gasteiger partial charge in [0.1, 0.15) is 0 Å². The van der Waals surface area contributed by atoms with E-state index in [9.17, 15) is 0 Å². The number of rotatable bonds is 27. The molecule has 0 heterocycles. The molecule has 4 rings (SSSR count). The summed E-state index contributed by atoms with van der Waals surface area (Å²) in [5.74, 6) is 0. The Hall–Kier alpha value is -3.29. The summed E-state index contributed by atoms with van der Waals surface area (Å²) < 4.78 is 0. The minimum Gasteiger partial charge on any atom is -0.358 e. The van der Waals surface area contributed by atoms with Crippen LogP contribution >= 0.6 is 0 Å². The molecule has 0 fully saturated rings. The molecule has 3 heteroatoms. The molecule has 0 atom stereocenters. The fourth-order valence-electron chi connectivity index (χ4n) is 8.36. The molecule has 0 aliphatic heterocycles. The first kappa shape index (κ1) is 50.9. The van der Waals surface area contributed by atoms with Crippen molar-refractivity contribution in [2.24, 2.45) is 9.98 Å². The first-order valence-corrected chi connectivity index (χ1v) is 23.0. The molecular formula is C55H79N2Ni-. The molecule has 58 heavy (non-hydrogen) atoms. The molecule has 4 aromatic carbocycles. The summed E-state index contributed by atoms with van der Waals surface area (Å²) in [6.45, 7) is 13.6. The van der Waals surface area contributed by atoms with Crippen LogP contribution in [0.4, 0.5) is 11.4 Å². The first-order chi connectivity index (χ1) is 27.5. The number of hydrogen-bond donors (Lipinski definition) is 0. The quantitative estimate of drug-likeness (QED) is 0.0248. The Morgan fingerprint density at radius 3 is 1.47 bits per heavy atom. The van der Waals surface area contributed by atoms with Crippen molar-refractivity contribution in [3.8, 4) is 22.3 Å². The van der Waals surface area contributed by atoms with Gasteiger partial charge in [0.05, 0.1) is 22.8 Å². The average molecular weight is 827 g/mol. The standard InChI is InChI=1S/C54H76N2.CH3.Ni/c1-7-11-14-17-20-25-36-47-40-49(39-43(5)51(47)38-31-22-19-16-13-9-3)55-44(6)53(10-4)56-50-41-48(37-26-21-18-15-12-8-2)54(46-34-29-24-30-35-46)52(42-50)45-32-27-23-28-33-45;;/h23-24,27-30,32-35,39-42H,7-22,25-26,31,36-38H2,1-6H3;1H3;/q;-1;. The van der Waals surface area contributed by atoms with Crippen molar-refractivity contribution in [2.45, 2.75) is 183 Å². The molecule has 0 spiro atoms. The molecule has 0 bridgehead atoms. The molecule has 0 aromatic heterocycles. The van der Waals surface area contributed by atoms with Crippen LogP contribution in [0.5, 0.6) is 0 Å². The van der Waals surface area contributed by atoms with Gasteiger partial charge in [0.2, 0.25) is 0 Å². The van der Waals surface area contributed by atoms with E-state index in [0.717, 1.165) is 42.1 Å². The van der Waals surface area contributed by atoms with Crippen LogP contribution in [0.1, 0.15) is 179 Å². The molecular weight excluding hydrogens is 747 g/mol. The van der Waals surface area contributed by atoms with Gasteiger partial charge in [-0.3, -0.25) is 9.98 Å². The molecule has 0 radical (unpaired) electrons. The molecule has 0 amide bonds. The van der Waals surface area contributed by atoms with Gasteiger partial charge in [0.25, 0.3) is 0 Å². The molecule has 0 aliphatic carbocycles. The zero-order chi connectivity index (χ0) is 39.8. The molecule has 0 N–H and O–H groups in total. The van der Waals surface area contributed by atoms with Crippen LogP contribution in [-0.4, -0.2) is 11.4 Å². The Bertz CT molecular complexity index is 1750. The number of benzene rings is 4. The van der Waals surface area contributed by atoms with E-state index >= 15 is 0 Å². The van der Waals surface area contributed by atoms with E-state index in [2.05, 4.69) is 126 Å². The Morgan fingerprint density at radius 2 is 0.931 bits per heavy atom. The molecule has 4 aromatic rings. The van der Waals surface area contributed by atoms with E-state index in [4.69, 9.17) is 9.98 Å². The SMILES string of the molecule is CCCCCCCCc1cc(N=C(C)C(CC)=Nc2cc(CCCCCCCC)c(-c3ccccc3)c(-c3ccccc3)c2)cc(C)c1CCCCCCCC.[CH3-].[Ni]. The Kier molecular flexibility index (Phi) is 26.2. The van der Waals surface area contributed by atoms with Crippen LogP contribution < -0.4 is 0 Å². The number of hydrogen-bond acceptors (Lipinski definition) is 2. The van der Waals surface area contributed by atoms with Gasteiger partial charge in [-0.05, 0) is 128 Å². The van der Waals surface area contributed by atoms with Crippen LogP contribution in [0, 0.1) is 14.4 Å². The van der Waals surface area contributed by atoms with Crippen molar-refractivity contribution < 1.29 is 16.5 Å².